The van der Waals surface area contributed by atoms with Crippen LogP contribution in [-0.4, -0.2) is 26.4 Å². The van der Waals surface area contributed by atoms with E-state index < -0.39 is 16.1 Å². The van der Waals surface area contributed by atoms with Crippen molar-refractivity contribution in [2.45, 2.75) is 62.9 Å². The average Bonchev–Trinajstić information content (AvgIpc) is 3.21. The zero-order valence-corrected chi connectivity index (χ0v) is 14.3. The van der Waals surface area contributed by atoms with E-state index in [9.17, 15) is 13.2 Å². The Bertz CT molecular complexity index is 641. The Balaban J connectivity index is 2.07. The molecule has 1 aliphatic carbocycles. The van der Waals surface area contributed by atoms with Gasteiger partial charge in [0.05, 0.1) is 10.9 Å². The number of hydrogen-bond acceptors (Lipinski definition) is 3. The van der Waals surface area contributed by atoms with E-state index in [0.29, 0.717) is 0 Å². The van der Waals surface area contributed by atoms with Crippen molar-refractivity contribution in [3.63, 3.8) is 0 Å². The molecule has 0 bridgehead atoms. The Morgan fingerprint density at radius 3 is 2.18 bits per heavy atom. The van der Waals surface area contributed by atoms with Crippen LogP contribution in [-0.2, 0) is 20.2 Å². The van der Waals surface area contributed by atoms with E-state index in [4.69, 9.17) is 0 Å². The Morgan fingerprint density at radius 1 is 1.18 bits per heavy atom. The molecule has 1 fully saturated rings. The van der Waals surface area contributed by atoms with Crippen molar-refractivity contribution in [1.82, 2.24) is 10.0 Å². The number of carbonyl (C=O) groups excluding carboxylic acids is 1. The lowest BCUT2D eigenvalue weighted by Gasteiger charge is -2.19. The summed E-state index contributed by atoms with van der Waals surface area (Å²) in [6, 6.07) is 6.20. The molecular weight excluding hydrogens is 300 g/mol. The summed E-state index contributed by atoms with van der Waals surface area (Å²) in [6.07, 6.45) is 1.94. The van der Waals surface area contributed by atoms with Crippen molar-refractivity contribution in [3.8, 4) is 0 Å². The minimum absolute atomic E-state index is 0.0346. The molecule has 1 aromatic carbocycles. The predicted molar refractivity (Wildman–Crippen MR) is 86.1 cm³/mol. The summed E-state index contributed by atoms with van der Waals surface area (Å²) in [4.78, 5) is 12.0. The van der Waals surface area contributed by atoms with Crippen molar-refractivity contribution >= 4 is 15.9 Å². The van der Waals surface area contributed by atoms with Crippen LogP contribution in [0.4, 0.5) is 0 Å². The van der Waals surface area contributed by atoms with Crippen LogP contribution < -0.4 is 10.0 Å². The van der Waals surface area contributed by atoms with E-state index in [1.165, 1.54) is 0 Å². The lowest BCUT2D eigenvalue weighted by Crippen LogP contribution is -2.45. The van der Waals surface area contributed by atoms with Gasteiger partial charge in [-0.05, 0) is 42.9 Å². The Hall–Kier alpha value is -1.40. The average molecular weight is 324 g/mol. The smallest absolute Gasteiger partial charge is 0.241 e. The molecule has 1 amide bonds. The van der Waals surface area contributed by atoms with Gasteiger partial charge in [0.15, 0.2) is 0 Å². The van der Waals surface area contributed by atoms with Gasteiger partial charge in [-0.2, -0.15) is 4.72 Å². The first-order chi connectivity index (χ1) is 10.1. The minimum atomic E-state index is -3.69. The van der Waals surface area contributed by atoms with Gasteiger partial charge in [0.1, 0.15) is 0 Å². The Labute approximate surface area is 132 Å². The number of hydrogen-bond donors (Lipinski definition) is 2. The molecule has 1 aromatic rings. The van der Waals surface area contributed by atoms with Crippen LogP contribution in [0.3, 0.4) is 0 Å². The maximum Gasteiger partial charge on any atom is 0.241 e. The Morgan fingerprint density at radius 2 is 1.73 bits per heavy atom. The van der Waals surface area contributed by atoms with E-state index in [2.05, 4.69) is 30.8 Å². The molecule has 5 nitrogen and oxygen atoms in total. The molecule has 0 aromatic heterocycles. The predicted octanol–water partition coefficient (Wildman–Crippen LogP) is 1.93. The van der Waals surface area contributed by atoms with Crippen LogP contribution in [0.15, 0.2) is 29.2 Å². The second-order valence-electron chi connectivity index (χ2n) is 6.90. The molecule has 6 heteroatoms. The quantitative estimate of drug-likeness (QED) is 0.869. The zero-order valence-electron chi connectivity index (χ0n) is 13.5. The maximum absolute atomic E-state index is 12.3. The molecule has 22 heavy (non-hydrogen) atoms. The highest BCUT2D eigenvalue weighted by Crippen LogP contribution is 2.23. The summed E-state index contributed by atoms with van der Waals surface area (Å²) in [5, 5.41) is 2.79. The van der Waals surface area contributed by atoms with E-state index >= 15 is 0 Å². The number of benzene rings is 1. The van der Waals surface area contributed by atoms with Gasteiger partial charge in [0.2, 0.25) is 15.9 Å². The van der Waals surface area contributed by atoms with Crippen LogP contribution in [0.25, 0.3) is 0 Å². The normalized spacial score (nSPS) is 17.1. The van der Waals surface area contributed by atoms with Gasteiger partial charge < -0.3 is 5.32 Å². The van der Waals surface area contributed by atoms with Gasteiger partial charge in [0.25, 0.3) is 0 Å². The lowest BCUT2D eigenvalue weighted by molar-refractivity contribution is -0.122. The molecule has 0 heterocycles. The second kappa shape index (κ2) is 6.01. The van der Waals surface area contributed by atoms with Crippen LogP contribution in [0, 0.1) is 0 Å². The van der Waals surface area contributed by atoms with Crippen LogP contribution in [0.5, 0.6) is 0 Å². The third-order valence-corrected chi connectivity index (χ3v) is 5.24. The van der Waals surface area contributed by atoms with E-state index in [1.807, 2.05) is 12.1 Å². The van der Waals surface area contributed by atoms with Gasteiger partial charge in [-0.25, -0.2) is 8.42 Å². The minimum Gasteiger partial charge on any atom is -0.352 e. The molecule has 2 rings (SSSR count). The molecule has 0 radical (unpaired) electrons. The molecule has 0 unspecified atom stereocenters. The highest BCUT2D eigenvalue weighted by Gasteiger charge is 2.28. The van der Waals surface area contributed by atoms with Gasteiger partial charge in [-0.1, -0.05) is 32.9 Å². The highest BCUT2D eigenvalue weighted by atomic mass is 32.2. The van der Waals surface area contributed by atoms with Gasteiger partial charge in [0, 0.05) is 6.04 Å². The van der Waals surface area contributed by atoms with E-state index in [-0.39, 0.29) is 22.3 Å². The molecule has 0 aliphatic heterocycles. The number of rotatable bonds is 5. The van der Waals surface area contributed by atoms with Crippen LogP contribution in [0.1, 0.15) is 46.1 Å². The number of nitrogens with one attached hydrogen (secondary N) is 2. The molecule has 1 aliphatic rings. The fourth-order valence-corrected chi connectivity index (χ4v) is 3.25. The fraction of sp³-hybridized carbons (Fsp3) is 0.562. The van der Waals surface area contributed by atoms with E-state index in [0.717, 1.165) is 18.4 Å². The van der Waals surface area contributed by atoms with Crippen LogP contribution in [0.2, 0.25) is 0 Å². The van der Waals surface area contributed by atoms with Crippen molar-refractivity contribution in [2.75, 3.05) is 0 Å². The second-order valence-corrected chi connectivity index (χ2v) is 8.61. The third kappa shape index (κ3) is 4.30. The lowest BCUT2D eigenvalue weighted by atomic mass is 9.87. The summed E-state index contributed by atoms with van der Waals surface area (Å²) in [6.45, 7) is 7.76. The highest BCUT2D eigenvalue weighted by molar-refractivity contribution is 7.89. The van der Waals surface area contributed by atoms with Gasteiger partial charge in [-0.3, -0.25) is 4.79 Å². The summed E-state index contributed by atoms with van der Waals surface area (Å²) in [7, 11) is -3.69. The van der Waals surface area contributed by atoms with Crippen molar-refractivity contribution in [2.24, 2.45) is 0 Å². The molecule has 1 atom stereocenters. The van der Waals surface area contributed by atoms with E-state index in [1.54, 1.807) is 19.1 Å². The first kappa shape index (κ1) is 17.0. The first-order valence-electron chi connectivity index (χ1n) is 7.53. The number of carbonyl (C=O) groups is 1. The largest absolute Gasteiger partial charge is 0.352 e. The standard InChI is InChI=1S/C16H24N2O3S/c1-11(15(19)17-13-7-8-13)18-22(20,21)14-9-5-12(6-10-14)16(2,3)4/h5-6,9-11,13,18H,7-8H2,1-4H3,(H,17,19)/t11-/m0/s1. The van der Waals surface area contributed by atoms with Gasteiger partial charge >= 0.3 is 0 Å². The van der Waals surface area contributed by atoms with Crippen molar-refractivity contribution in [1.29, 1.82) is 0 Å². The summed E-state index contributed by atoms with van der Waals surface area (Å²) in [5.74, 6) is -0.280. The number of amides is 1. The summed E-state index contributed by atoms with van der Waals surface area (Å²) >= 11 is 0. The fourth-order valence-electron chi connectivity index (χ4n) is 2.04. The summed E-state index contributed by atoms with van der Waals surface area (Å²) < 4.78 is 27.1. The van der Waals surface area contributed by atoms with Gasteiger partial charge in [-0.15, -0.1) is 0 Å². The third-order valence-electron chi connectivity index (χ3n) is 3.68. The molecule has 0 spiro atoms. The molecule has 0 saturated heterocycles. The zero-order chi connectivity index (χ0) is 16.5. The Kier molecular flexibility index (Phi) is 4.63. The SMILES string of the molecule is C[C@H](NS(=O)(=O)c1ccc(C(C)(C)C)cc1)C(=O)NC1CC1. The van der Waals surface area contributed by atoms with Crippen molar-refractivity contribution < 1.29 is 13.2 Å². The molecule has 1 saturated carbocycles. The summed E-state index contributed by atoms with van der Waals surface area (Å²) in [5.41, 5.74) is 1.03. The van der Waals surface area contributed by atoms with Crippen LogP contribution >= 0.6 is 0 Å². The maximum atomic E-state index is 12.3. The molecule has 122 valence electrons. The van der Waals surface area contributed by atoms with Crippen molar-refractivity contribution in [3.05, 3.63) is 29.8 Å². The molecular formula is C16H24N2O3S. The number of sulfonamides is 1. The topological polar surface area (TPSA) is 75.3 Å². The first-order valence-corrected chi connectivity index (χ1v) is 9.01. The molecule has 2 N–H and O–H groups in total. The monoisotopic (exact) mass is 324 g/mol.